The highest BCUT2D eigenvalue weighted by atomic mass is 79.9. The van der Waals surface area contributed by atoms with Crippen LogP contribution in [0.25, 0.3) is 0 Å². The van der Waals surface area contributed by atoms with Crippen LogP contribution in [0.15, 0.2) is 22.7 Å². The molecule has 4 heteroatoms. The normalized spacial score (nSPS) is 15.8. The third kappa shape index (κ3) is 3.73. The number of nitrogen functional groups attached to an aromatic ring is 1. The molecule has 0 saturated heterocycles. The van der Waals surface area contributed by atoms with Crippen LogP contribution in [0.4, 0.5) is 11.4 Å². The number of hydrogen-bond acceptors (Lipinski definition) is 2. The van der Waals surface area contributed by atoms with E-state index in [0.717, 1.165) is 22.5 Å². The van der Waals surface area contributed by atoms with E-state index >= 15 is 0 Å². The van der Waals surface area contributed by atoms with Crippen molar-refractivity contribution in [1.82, 2.24) is 0 Å². The first kappa shape index (κ1) is 13.4. The molecule has 1 fully saturated rings. The van der Waals surface area contributed by atoms with Crippen LogP contribution in [-0.4, -0.2) is 5.91 Å². The topological polar surface area (TPSA) is 55.1 Å². The summed E-state index contributed by atoms with van der Waals surface area (Å²) in [4.78, 5) is 11.8. The maximum atomic E-state index is 11.8. The highest BCUT2D eigenvalue weighted by molar-refractivity contribution is 9.10. The van der Waals surface area contributed by atoms with Crippen LogP contribution in [0.3, 0.4) is 0 Å². The van der Waals surface area contributed by atoms with Gasteiger partial charge in [0.25, 0.3) is 0 Å². The molecule has 1 saturated carbocycles. The maximum absolute atomic E-state index is 11.8. The minimum absolute atomic E-state index is 0.0867. The zero-order chi connectivity index (χ0) is 13.0. The summed E-state index contributed by atoms with van der Waals surface area (Å²) in [6, 6.07) is 5.48. The number of rotatable bonds is 4. The summed E-state index contributed by atoms with van der Waals surface area (Å²) in [5.41, 5.74) is 7.18. The number of halogens is 1. The number of hydrogen-bond donors (Lipinski definition) is 2. The smallest absolute Gasteiger partial charge is 0.224 e. The molecular formula is C14H19BrN2O. The third-order valence-electron chi connectivity index (χ3n) is 3.53. The van der Waals surface area contributed by atoms with E-state index in [0.29, 0.717) is 12.1 Å². The monoisotopic (exact) mass is 310 g/mol. The SMILES string of the molecule is Nc1cc(NC(=O)CCC2CCCC2)ccc1Br. The van der Waals surface area contributed by atoms with Gasteiger partial charge in [0.1, 0.15) is 0 Å². The number of amides is 1. The molecule has 0 atom stereocenters. The molecule has 0 aliphatic heterocycles. The van der Waals surface area contributed by atoms with E-state index in [2.05, 4.69) is 21.2 Å². The van der Waals surface area contributed by atoms with Crippen LogP contribution in [0.1, 0.15) is 38.5 Å². The predicted octanol–water partition coefficient (Wildman–Crippen LogP) is 3.94. The number of carbonyl (C=O) groups excluding carboxylic acids is 1. The van der Waals surface area contributed by atoms with Gasteiger partial charge in [-0.15, -0.1) is 0 Å². The summed E-state index contributed by atoms with van der Waals surface area (Å²) in [5.74, 6) is 0.842. The molecule has 0 radical (unpaired) electrons. The lowest BCUT2D eigenvalue weighted by molar-refractivity contribution is -0.116. The largest absolute Gasteiger partial charge is 0.398 e. The molecule has 0 unspecified atom stereocenters. The summed E-state index contributed by atoms with van der Waals surface area (Å²) in [7, 11) is 0. The van der Waals surface area contributed by atoms with Crippen molar-refractivity contribution < 1.29 is 4.79 Å². The molecule has 1 aliphatic rings. The van der Waals surface area contributed by atoms with Crippen LogP contribution in [0.5, 0.6) is 0 Å². The minimum Gasteiger partial charge on any atom is -0.398 e. The molecular weight excluding hydrogens is 292 g/mol. The fraction of sp³-hybridized carbons (Fsp3) is 0.500. The van der Waals surface area contributed by atoms with Gasteiger partial charge in [-0.05, 0) is 46.5 Å². The standard InChI is InChI=1S/C14H19BrN2O/c15-12-7-6-11(9-13(12)16)17-14(18)8-5-10-3-1-2-4-10/h6-7,9-10H,1-5,8,16H2,(H,17,18). The van der Waals surface area contributed by atoms with Crippen molar-refractivity contribution in [1.29, 1.82) is 0 Å². The summed E-state index contributed by atoms with van der Waals surface area (Å²) in [6.07, 6.45) is 6.86. The Labute approximate surface area is 116 Å². The first-order valence-corrected chi connectivity index (χ1v) is 7.29. The average Bonchev–Trinajstić information content (AvgIpc) is 2.84. The van der Waals surface area contributed by atoms with E-state index < -0.39 is 0 Å². The Morgan fingerprint density at radius 3 is 2.78 bits per heavy atom. The van der Waals surface area contributed by atoms with Crippen molar-refractivity contribution in [2.75, 3.05) is 11.1 Å². The van der Waals surface area contributed by atoms with Gasteiger partial charge in [0.15, 0.2) is 0 Å². The Morgan fingerprint density at radius 2 is 2.11 bits per heavy atom. The Morgan fingerprint density at radius 1 is 1.39 bits per heavy atom. The molecule has 1 aromatic rings. The summed E-state index contributed by atoms with van der Waals surface area (Å²) in [5, 5.41) is 2.89. The van der Waals surface area contributed by atoms with Crippen LogP contribution < -0.4 is 11.1 Å². The lowest BCUT2D eigenvalue weighted by Crippen LogP contribution is -2.12. The third-order valence-corrected chi connectivity index (χ3v) is 4.26. The van der Waals surface area contributed by atoms with Gasteiger partial charge in [-0.25, -0.2) is 0 Å². The van der Waals surface area contributed by atoms with Gasteiger partial charge in [0.05, 0.1) is 0 Å². The van der Waals surface area contributed by atoms with E-state index in [1.807, 2.05) is 12.1 Å². The second-order valence-electron chi connectivity index (χ2n) is 4.97. The summed E-state index contributed by atoms with van der Waals surface area (Å²) in [6.45, 7) is 0. The zero-order valence-corrected chi connectivity index (χ0v) is 12.0. The molecule has 0 bridgehead atoms. The molecule has 3 nitrogen and oxygen atoms in total. The molecule has 1 aliphatic carbocycles. The number of nitrogens with one attached hydrogen (secondary N) is 1. The van der Waals surface area contributed by atoms with Crippen molar-refractivity contribution in [3.8, 4) is 0 Å². The fourth-order valence-electron chi connectivity index (χ4n) is 2.48. The van der Waals surface area contributed by atoms with Gasteiger partial charge in [-0.2, -0.15) is 0 Å². The van der Waals surface area contributed by atoms with Crippen LogP contribution in [0, 0.1) is 5.92 Å². The van der Waals surface area contributed by atoms with Gasteiger partial charge in [-0.3, -0.25) is 4.79 Å². The fourth-order valence-corrected chi connectivity index (χ4v) is 2.73. The molecule has 0 aromatic heterocycles. The average molecular weight is 311 g/mol. The van der Waals surface area contributed by atoms with Crippen molar-refractivity contribution in [3.05, 3.63) is 22.7 Å². The Bertz CT molecular complexity index is 428. The highest BCUT2D eigenvalue weighted by Gasteiger charge is 2.16. The van der Waals surface area contributed by atoms with E-state index in [9.17, 15) is 4.79 Å². The lowest BCUT2D eigenvalue weighted by atomic mass is 10.0. The molecule has 1 aromatic carbocycles. The Hall–Kier alpha value is -1.03. The molecule has 98 valence electrons. The van der Waals surface area contributed by atoms with Crippen LogP contribution in [0.2, 0.25) is 0 Å². The lowest BCUT2D eigenvalue weighted by Gasteiger charge is -2.10. The van der Waals surface area contributed by atoms with Gasteiger partial charge >= 0.3 is 0 Å². The van der Waals surface area contributed by atoms with Gasteiger partial charge in [0.2, 0.25) is 5.91 Å². The Balaban J connectivity index is 1.80. The molecule has 0 spiro atoms. The first-order chi connectivity index (χ1) is 8.65. The number of nitrogens with two attached hydrogens (primary N) is 1. The van der Waals surface area contributed by atoms with E-state index in [-0.39, 0.29) is 5.91 Å². The quantitative estimate of drug-likeness (QED) is 0.828. The van der Waals surface area contributed by atoms with Crippen molar-refractivity contribution in [2.24, 2.45) is 5.92 Å². The minimum atomic E-state index is 0.0867. The number of anilines is 2. The van der Waals surface area contributed by atoms with E-state index in [1.54, 1.807) is 6.07 Å². The molecule has 2 rings (SSSR count). The zero-order valence-electron chi connectivity index (χ0n) is 10.4. The predicted molar refractivity (Wildman–Crippen MR) is 78.4 cm³/mol. The van der Waals surface area contributed by atoms with Gasteiger partial charge < -0.3 is 11.1 Å². The highest BCUT2D eigenvalue weighted by Crippen LogP contribution is 2.29. The van der Waals surface area contributed by atoms with E-state index in [1.165, 1.54) is 25.7 Å². The second kappa shape index (κ2) is 6.23. The molecule has 0 heterocycles. The van der Waals surface area contributed by atoms with Crippen LogP contribution >= 0.6 is 15.9 Å². The Kier molecular flexibility index (Phi) is 4.64. The maximum Gasteiger partial charge on any atom is 0.224 e. The number of carbonyl (C=O) groups is 1. The second-order valence-corrected chi connectivity index (χ2v) is 5.83. The summed E-state index contributed by atoms with van der Waals surface area (Å²) < 4.78 is 0.853. The molecule has 18 heavy (non-hydrogen) atoms. The molecule has 3 N–H and O–H groups in total. The summed E-state index contributed by atoms with van der Waals surface area (Å²) >= 11 is 3.33. The van der Waals surface area contributed by atoms with Crippen molar-refractivity contribution in [2.45, 2.75) is 38.5 Å². The van der Waals surface area contributed by atoms with Crippen LogP contribution in [-0.2, 0) is 4.79 Å². The van der Waals surface area contributed by atoms with Crippen molar-refractivity contribution >= 4 is 33.2 Å². The number of benzene rings is 1. The van der Waals surface area contributed by atoms with Crippen molar-refractivity contribution in [3.63, 3.8) is 0 Å². The molecule has 1 amide bonds. The van der Waals surface area contributed by atoms with Gasteiger partial charge in [0, 0.05) is 22.3 Å². The van der Waals surface area contributed by atoms with Gasteiger partial charge in [-0.1, -0.05) is 25.7 Å². The van der Waals surface area contributed by atoms with E-state index in [4.69, 9.17) is 5.73 Å². The first-order valence-electron chi connectivity index (χ1n) is 6.50.